The van der Waals surface area contributed by atoms with Crippen molar-refractivity contribution in [1.82, 2.24) is 9.55 Å². The second-order valence-corrected chi connectivity index (χ2v) is 8.97. The zero-order valence-corrected chi connectivity index (χ0v) is 17.7. The Morgan fingerprint density at radius 1 is 1.21 bits per heavy atom. The quantitative estimate of drug-likeness (QED) is 0.675. The lowest BCUT2D eigenvalue weighted by molar-refractivity contribution is -0.118. The number of hydrogen-bond acceptors (Lipinski definition) is 4. The van der Waals surface area contributed by atoms with Crippen LogP contribution in [0.25, 0.3) is 21.3 Å². The van der Waals surface area contributed by atoms with Crippen molar-refractivity contribution in [3.8, 4) is 11.1 Å². The topological polar surface area (TPSA) is 78.0 Å². The molecule has 0 aliphatic rings. The molecule has 2 heterocycles. The van der Waals surface area contributed by atoms with Gasteiger partial charge in [0.15, 0.2) is 0 Å². The summed E-state index contributed by atoms with van der Waals surface area (Å²) in [6.45, 7) is 8.85. The third-order valence-corrected chi connectivity index (χ3v) is 5.76. The number of aryl methyl sites for hydroxylation is 1. The first kappa shape index (κ1) is 20.3. The standard InChI is InChI=1S/C22H27N3O2S/c1-5-6-18-24-20-19(21(27)25(18)12-11-17(23)26)16(13-28-20)14-7-9-15(10-8-14)22(2,3)4/h7-10,13H,5-6,11-12H2,1-4H3,(H2,23,26). The van der Waals surface area contributed by atoms with Gasteiger partial charge in [0.2, 0.25) is 5.91 Å². The fourth-order valence-corrected chi connectivity index (χ4v) is 4.25. The summed E-state index contributed by atoms with van der Waals surface area (Å²) >= 11 is 1.49. The first-order valence-electron chi connectivity index (χ1n) is 9.62. The molecule has 3 aromatic rings. The Morgan fingerprint density at radius 2 is 1.89 bits per heavy atom. The Hall–Kier alpha value is -2.47. The van der Waals surface area contributed by atoms with Gasteiger partial charge in [-0.1, -0.05) is 52.0 Å². The van der Waals surface area contributed by atoms with Crippen LogP contribution in [-0.2, 0) is 23.2 Å². The molecule has 0 saturated heterocycles. The van der Waals surface area contributed by atoms with Crippen LogP contribution < -0.4 is 11.3 Å². The van der Waals surface area contributed by atoms with E-state index in [9.17, 15) is 9.59 Å². The van der Waals surface area contributed by atoms with E-state index in [2.05, 4.69) is 45.0 Å². The predicted molar refractivity (Wildman–Crippen MR) is 116 cm³/mol. The molecular formula is C22H27N3O2S. The normalized spacial score (nSPS) is 11.9. The lowest BCUT2D eigenvalue weighted by atomic mass is 9.86. The average molecular weight is 398 g/mol. The van der Waals surface area contributed by atoms with Crippen LogP contribution in [0.15, 0.2) is 34.4 Å². The average Bonchev–Trinajstić information content (AvgIpc) is 3.05. The lowest BCUT2D eigenvalue weighted by Gasteiger charge is -2.19. The monoisotopic (exact) mass is 397 g/mol. The minimum atomic E-state index is -0.419. The lowest BCUT2D eigenvalue weighted by Crippen LogP contribution is -2.27. The summed E-state index contributed by atoms with van der Waals surface area (Å²) in [6.07, 6.45) is 1.70. The smallest absolute Gasteiger partial charge is 0.262 e. The van der Waals surface area contributed by atoms with E-state index in [-0.39, 0.29) is 23.9 Å². The van der Waals surface area contributed by atoms with Crippen LogP contribution in [0.5, 0.6) is 0 Å². The van der Waals surface area contributed by atoms with E-state index in [4.69, 9.17) is 10.7 Å². The number of nitrogens with two attached hydrogens (primary N) is 1. The van der Waals surface area contributed by atoms with Crippen LogP contribution in [0.1, 0.15) is 51.9 Å². The number of carbonyl (C=O) groups excluding carboxylic acids is 1. The van der Waals surface area contributed by atoms with Gasteiger partial charge in [-0.15, -0.1) is 11.3 Å². The highest BCUT2D eigenvalue weighted by molar-refractivity contribution is 7.17. The van der Waals surface area contributed by atoms with Crippen LogP contribution in [-0.4, -0.2) is 15.5 Å². The highest BCUT2D eigenvalue weighted by Crippen LogP contribution is 2.32. The fraction of sp³-hybridized carbons (Fsp3) is 0.409. The first-order chi connectivity index (χ1) is 13.2. The number of thiophene rings is 1. The van der Waals surface area contributed by atoms with E-state index in [1.807, 2.05) is 12.3 Å². The van der Waals surface area contributed by atoms with Crippen molar-refractivity contribution in [2.45, 2.75) is 58.9 Å². The van der Waals surface area contributed by atoms with Crippen LogP contribution in [0, 0.1) is 0 Å². The van der Waals surface area contributed by atoms with Gasteiger partial charge in [0.05, 0.1) is 5.39 Å². The maximum absolute atomic E-state index is 13.3. The van der Waals surface area contributed by atoms with Crippen molar-refractivity contribution in [3.05, 3.63) is 51.4 Å². The maximum atomic E-state index is 13.3. The molecule has 0 spiro atoms. The SMILES string of the molecule is CCCc1nc2scc(-c3ccc(C(C)(C)C)cc3)c2c(=O)n1CCC(N)=O. The van der Waals surface area contributed by atoms with Crippen molar-refractivity contribution < 1.29 is 4.79 Å². The van der Waals surface area contributed by atoms with Crippen LogP contribution >= 0.6 is 11.3 Å². The number of nitrogens with zero attached hydrogens (tertiary/aromatic N) is 2. The van der Waals surface area contributed by atoms with Gasteiger partial charge in [0, 0.05) is 30.3 Å². The molecule has 2 aromatic heterocycles. The molecule has 5 nitrogen and oxygen atoms in total. The van der Waals surface area contributed by atoms with Crippen molar-refractivity contribution >= 4 is 27.5 Å². The van der Waals surface area contributed by atoms with Crippen molar-refractivity contribution in [2.75, 3.05) is 0 Å². The molecule has 0 aliphatic heterocycles. The van der Waals surface area contributed by atoms with Gasteiger partial charge >= 0.3 is 0 Å². The largest absolute Gasteiger partial charge is 0.370 e. The molecule has 148 valence electrons. The summed E-state index contributed by atoms with van der Waals surface area (Å²) in [5.74, 6) is 0.301. The number of aromatic nitrogens is 2. The van der Waals surface area contributed by atoms with E-state index < -0.39 is 5.91 Å². The predicted octanol–water partition coefficient (Wildman–Crippen LogP) is 4.25. The molecule has 0 atom stereocenters. The summed E-state index contributed by atoms with van der Waals surface area (Å²) in [6, 6.07) is 8.36. The molecule has 6 heteroatoms. The van der Waals surface area contributed by atoms with Crippen molar-refractivity contribution in [1.29, 1.82) is 0 Å². The molecular weight excluding hydrogens is 370 g/mol. The molecule has 1 amide bonds. The number of benzene rings is 1. The zero-order chi connectivity index (χ0) is 20.5. The number of hydrogen-bond donors (Lipinski definition) is 1. The third-order valence-electron chi connectivity index (χ3n) is 4.89. The molecule has 0 fully saturated rings. The summed E-state index contributed by atoms with van der Waals surface area (Å²) in [5, 5.41) is 2.62. The molecule has 28 heavy (non-hydrogen) atoms. The molecule has 0 radical (unpaired) electrons. The number of rotatable bonds is 6. The number of carbonyl (C=O) groups is 1. The molecule has 1 aromatic carbocycles. The van der Waals surface area contributed by atoms with Gasteiger partial charge in [-0.2, -0.15) is 0 Å². The van der Waals surface area contributed by atoms with Crippen molar-refractivity contribution in [2.24, 2.45) is 5.73 Å². The van der Waals surface area contributed by atoms with E-state index in [1.54, 1.807) is 4.57 Å². The second-order valence-electron chi connectivity index (χ2n) is 8.11. The summed E-state index contributed by atoms with van der Waals surface area (Å²) in [7, 11) is 0. The van der Waals surface area contributed by atoms with Gasteiger partial charge in [-0.05, 0) is 23.0 Å². The van der Waals surface area contributed by atoms with Crippen molar-refractivity contribution in [3.63, 3.8) is 0 Å². The summed E-state index contributed by atoms with van der Waals surface area (Å²) in [5.41, 5.74) is 8.44. The molecule has 2 N–H and O–H groups in total. The van der Waals surface area contributed by atoms with Gasteiger partial charge < -0.3 is 5.73 Å². The minimum absolute atomic E-state index is 0.0767. The molecule has 0 bridgehead atoms. The van der Waals surface area contributed by atoms with Gasteiger partial charge in [-0.3, -0.25) is 14.2 Å². The van der Waals surface area contributed by atoms with Gasteiger partial charge in [-0.25, -0.2) is 4.98 Å². The van der Waals surface area contributed by atoms with Gasteiger partial charge in [0.25, 0.3) is 5.56 Å². The molecule has 0 unspecified atom stereocenters. The molecule has 0 aliphatic carbocycles. The Kier molecular flexibility index (Phi) is 5.70. The number of amides is 1. The minimum Gasteiger partial charge on any atom is -0.370 e. The van der Waals surface area contributed by atoms with Gasteiger partial charge in [0.1, 0.15) is 10.7 Å². The maximum Gasteiger partial charge on any atom is 0.262 e. The van der Waals surface area contributed by atoms with Crippen LogP contribution in [0.4, 0.5) is 0 Å². The Labute approximate surface area is 169 Å². The second kappa shape index (κ2) is 7.87. The molecule has 0 saturated carbocycles. The van der Waals surface area contributed by atoms with E-state index >= 15 is 0 Å². The highest BCUT2D eigenvalue weighted by Gasteiger charge is 2.18. The third kappa shape index (κ3) is 4.02. The fourth-order valence-electron chi connectivity index (χ4n) is 3.30. The number of primary amides is 1. The van der Waals surface area contributed by atoms with Crippen LogP contribution in [0.2, 0.25) is 0 Å². The Bertz CT molecular complexity index is 1060. The molecule has 3 rings (SSSR count). The van der Waals surface area contributed by atoms with E-state index in [0.717, 1.165) is 28.2 Å². The number of fused-ring (bicyclic) bond motifs is 1. The summed E-state index contributed by atoms with van der Waals surface area (Å²) < 4.78 is 1.62. The summed E-state index contributed by atoms with van der Waals surface area (Å²) in [4.78, 5) is 30.0. The van der Waals surface area contributed by atoms with E-state index in [0.29, 0.717) is 11.8 Å². The Balaban J connectivity index is 2.13. The van der Waals surface area contributed by atoms with E-state index in [1.165, 1.54) is 16.9 Å². The highest BCUT2D eigenvalue weighted by atomic mass is 32.1. The van der Waals surface area contributed by atoms with Crippen LogP contribution in [0.3, 0.4) is 0 Å². The first-order valence-corrected chi connectivity index (χ1v) is 10.5. The zero-order valence-electron chi connectivity index (χ0n) is 16.9. The Morgan fingerprint density at radius 3 is 2.46 bits per heavy atom.